The lowest BCUT2D eigenvalue weighted by atomic mass is 10.1. The number of carbonyl (C=O) groups is 1. The summed E-state index contributed by atoms with van der Waals surface area (Å²) in [6.45, 7) is 0.483. The van der Waals surface area contributed by atoms with Gasteiger partial charge in [0, 0.05) is 0 Å². The quantitative estimate of drug-likeness (QED) is 0.770. The van der Waals surface area contributed by atoms with Crippen molar-refractivity contribution in [3.8, 4) is 0 Å². The summed E-state index contributed by atoms with van der Waals surface area (Å²) < 4.78 is 1.58. The summed E-state index contributed by atoms with van der Waals surface area (Å²) in [6.07, 6.45) is 1.46. The summed E-state index contributed by atoms with van der Waals surface area (Å²) in [4.78, 5) is 11.0. The van der Waals surface area contributed by atoms with Crippen LogP contribution in [0.25, 0.3) is 0 Å². The van der Waals surface area contributed by atoms with Crippen molar-refractivity contribution in [1.29, 1.82) is 0 Å². The van der Waals surface area contributed by atoms with Gasteiger partial charge >= 0.3 is 0 Å². The number of rotatable bonds is 4. The number of aromatic nitrogens is 3. The van der Waals surface area contributed by atoms with Crippen LogP contribution >= 0.6 is 0 Å². The Balaban J connectivity index is 2.19. The first-order valence-electron chi connectivity index (χ1n) is 5.07. The standard InChI is InChI=1S/C11H12N4O2/c12-10(17)11-14-13-7-15(11)5-8-1-3-9(6-16)4-2-8/h1-4,7,16H,5-6H2,(H2,12,17). The number of hydrogen-bond acceptors (Lipinski definition) is 4. The molecule has 1 amide bonds. The summed E-state index contributed by atoms with van der Waals surface area (Å²) >= 11 is 0. The lowest BCUT2D eigenvalue weighted by Gasteiger charge is -2.05. The summed E-state index contributed by atoms with van der Waals surface area (Å²) in [5.74, 6) is -0.467. The van der Waals surface area contributed by atoms with Crippen LogP contribution in [-0.4, -0.2) is 25.8 Å². The fraction of sp³-hybridized carbons (Fsp3) is 0.182. The zero-order chi connectivity index (χ0) is 12.3. The third kappa shape index (κ3) is 2.48. The highest BCUT2D eigenvalue weighted by Gasteiger charge is 2.09. The second-order valence-electron chi connectivity index (χ2n) is 3.62. The highest BCUT2D eigenvalue weighted by molar-refractivity contribution is 5.88. The Morgan fingerprint density at radius 3 is 2.53 bits per heavy atom. The molecule has 0 atom stereocenters. The number of carbonyl (C=O) groups excluding carboxylic acids is 1. The molecule has 0 aliphatic carbocycles. The van der Waals surface area contributed by atoms with Crippen LogP contribution in [0.2, 0.25) is 0 Å². The molecule has 0 unspecified atom stereocenters. The Morgan fingerprint density at radius 1 is 1.29 bits per heavy atom. The van der Waals surface area contributed by atoms with E-state index in [2.05, 4.69) is 10.2 Å². The molecule has 3 N–H and O–H groups in total. The van der Waals surface area contributed by atoms with Gasteiger partial charge in [-0.3, -0.25) is 4.79 Å². The number of primary amides is 1. The fourth-order valence-corrected chi connectivity index (χ4v) is 1.51. The van der Waals surface area contributed by atoms with E-state index in [0.29, 0.717) is 6.54 Å². The molecule has 6 heteroatoms. The summed E-state index contributed by atoms with van der Waals surface area (Å²) in [6, 6.07) is 7.39. The Hall–Kier alpha value is -2.21. The normalized spacial score (nSPS) is 10.4. The summed E-state index contributed by atoms with van der Waals surface area (Å²) in [5.41, 5.74) is 6.98. The largest absolute Gasteiger partial charge is 0.392 e. The van der Waals surface area contributed by atoms with Crippen LogP contribution in [0.3, 0.4) is 0 Å². The Labute approximate surface area is 97.7 Å². The van der Waals surface area contributed by atoms with Gasteiger partial charge in [-0.15, -0.1) is 10.2 Å². The first kappa shape index (κ1) is 11.3. The van der Waals surface area contributed by atoms with E-state index in [1.165, 1.54) is 6.33 Å². The van der Waals surface area contributed by atoms with Crippen molar-refractivity contribution < 1.29 is 9.90 Å². The monoisotopic (exact) mass is 232 g/mol. The van der Waals surface area contributed by atoms with Gasteiger partial charge in [0.2, 0.25) is 5.82 Å². The van der Waals surface area contributed by atoms with Crippen molar-refractivity contribution in [2.75, 3.05) is 0 Å². The lowest BCUT2D eigenvalue weighted by molar-refractivity contribution is 0.0986. The Bertz CT molecular complexity index is 519. The minimum absolute atomic E-state index is 0.0133. The highest BCUT2D eigenvalue weighted by atomic mass is 16.3. The van der Waals surface area contributed by atoms with Gasteiger partial charge in [-0.1, -0.05) is 24.3 Å². The van der Waals surface area contributed by atoms with E-state index >= 15 is 0 Å². The van der Waals surface area contributed by atoms with E-state index in [-0.39, 0.29) is 12.4 Å². The molecule has 0 aliphatic heterocycles. The van der Waals surface area contributed by atoms with Crippen molar-refractivity contribution in [3.05, 3.63) is 47.5 Å². The molecule has 0 fully saturated rings. The fourth-order valence-electron chi connectivity index (χ4n) is 1.51. The molecule has 2 rings (SSSR count). The first-order valence-corrected chi connectivity index (χ1v) is 5.07. The molecule has 6 nitrogen and oxygen atoms in total. The maximum atomic E-state index is 11.0. The molecule has 0 spiro atoms. The predicted molar refractivity (Wildman–Crippen MR) is 60.0 cm³/mol. The smallest absolute Gasteiger partial charge is 0.286 e. The molecule has 1 heterocycles. The van der Waals surface area contributed by atoms with Crippen LogP contribution in [-0.2, 0) is 13.2 Å². The van der Waals surface area contributed by atoms with Gasteiger partial charge in [-0.25, -0.2) is 0 Å². The van der Waals surface area contributed by atoms with Crippen molar-refractivity contribution >= 4 is 5.91 Å². The van der Waals surface area contributed by atoms with Crippen LogP contribution in [0.1, 0.15) is 21.7 Å². The SMILES string of the molecule is NC(=O)c1nncn1Cc1ccc(CO)cc1. The van der Waals surface area contributed by atoms with E-state index in [9.17, 15) is 4.79 Å². The summed E-state index contributed by atoms with van der Waals surface area (Å²) in [7, 11) is 0. The third-order valence-electron chi connectivity index (χ3n) is 2.39. The van der Waals surface area contributed by atoms with Crippen molar-refractivity contribution in [2.24, 2.45) is 5.73 Å². The minimum atomic E-state index is -0.602. The first-order chi connectivity index (χ1) is 8.20. The van der Waals surface area contributed by atoms with Gasteiger partial charge in [0.1, 0.15) is 6.33 Å². The lowest BCUT2D eigenvalue weighted by Crippen LogP contribution is -2.18. The molecule has 0 aliphatic rings. The van der Waals surface area contributed by atoms with Gasteiger partial charge in [-0.05, 0) is 11.1 Å². The molecule has 2 aromatic rings. The number of amides is 1. The van der Waals surface area contributed by atoms with E-state index in [0.717, 1.165) is 11.1 Å². The maximum absolute atomic E-state index is 11.0. The molecule has 0 bridgehead atoms. The second-order valence-corrected chi connectivity index (χ2v) is 3.62. The zero-order valence-electron chi connectivity index (χ0n) is 9.08. The van der Waals surface area contributed by atoms with Crippen LogP contribution in [0.4, 0.5) is 0 Å². The van der Waals surface area contributed by atoms with Gasteiger partial charge in [-0.2, -0.15) is 0 Å². The molecule has 1 aromatic carbocycles. The number of nitrogens with two attached hydrogens (primary N) is 1. The molecule has 0 saturated heterocycles. The molecule has 0 saturated carbocycles. The van der Waals surface area contributed by atoms with Crippen LogP contribution < -0.4 is 5.73 Å². The molecule has 1 aromatic heterocycles. The van der Waals surface area contributed by atoms with Crippen LogP contribution in [0.15, 0.2) is 30.6 Å². The Morgan fingerprint density at radius 2 is 1.94 bits per heavy atom. The molecular weight excluding hydrogens is 220 g/mol. The zero-order valence-corrected chi connectivity index (χ0v) is 9.08. The van der Waals surface area contributed by atoms with Crippen molar-refractivity contribution in [1.82, 2.24) is 14.8 Å². The van der Waals surface area contributed by atoms with Crippen molar-refractivity contribution in [3.63, 3.8) is 0 Å². The topological polar surface area (TPSA) is 94.0 Å². The molecule has 88 valence electrons. The van der Waals surface area contributed by atoms with Gasteiger partial charge in [0.25, 0.3) is 5.91 Å². The second kappa shape index (κ2) is 4.75. The van der Waals surface area contributed by atoms with Crippen LogP contribution in [0, 0.1) is 0 Å². The van der Waals surface area contributed by atoms with E-state index in [1.54, 1.807) is 4.57 Å². The average Bonchev–Trinajstić information content (AvgIpc) is 2.78. The number of aliphatic hydroxyl groups excluding tert-OH is 1. The maximum Gasteiger partial charge on any atom is 0.286 e. The number of benzene rings is 1. The Kier molecular flexibility index (Phi) is 3.15. The number of aliphatic hydroxyl groups is 1. The molecule has 17 heavy (non-hydrogen) atoms. The minimum Gasteiger partial charge on any atom is -0.392 e. The van der Waals surface area contributed by atoms with E-state index in [1.807, 2.05) is 24.3 Å². The summed E-state index contributed by atoms with van der Waals surface area (Å²) in [5, 5.41) is 16.2. The third-order valence-corrected chi connectivity index (χ3v) is 2.39. The van der Waals surface area contributed by atoms with Gasteiger partial charge < -0.3 is 15.4 Å². The predicted octanol–water partition coefficient (Wildman–Crippen LogP) is -0.0824. The van der Waals surface area contributed by atoms with E-state index in [4.69, 9.17) is 10.8 Å². The molecule has 0 radical (unpaired) electrons. The number of nitrogens with zero attached hydrogens (tertiary/aromatic N) is 3. The van der Waals surface area contributed by atoms with Crippen molar-refractivity contribution in [2.45, 2.75) is 13.2 Å². The van der Waals surface area contributed by atoms with Crippen LogP contribution in [0.5, 0.6) is 0 Å². The number of hydrogen-bond donors (Lipinski definition) is 2. The van der Waals surface area contributed by atoms with Gasteiger partial charge in [0.15, 0.2) is 0 Å². The highest BCUT2D eigenvalue weighted by Crippen LogP contribution is 2.07. The average molecular weight is 232 g/mol. The van der Waals surface area contributed by atoms with E-state index < -0.39 is 5.91 Å². The van der Waals surface area contributed by atoms with Gasteiger partial charge in [0.05, 0.1) is 13.2 Å². The molecular formula is C11H12N4O2.